The zero-order chi connectivity index (χ0) is 12.1. The monoisotopic (exact) mass is 228 g/mol. The number of hydrogen-bond donors (Lipinski definition) is 1. The molecule has 0 bridgehead atoms. The predicted octanol–water partition coefficient (Wildman–Crippen LogP) is 0.911. The molecule has 0 aliphatic heterocycles. The van der Waals surface area contributed by atoms with Gasteiger partial charge in [-0.1, -0.05) is 0 Å². The van der Waals surface area contributed by atoms with Gasteiger partial charge < -0.3 is 14.6 Å². The largest absolute Gasteiger partial charge is 0.497 e. The van der Waals surface area contributed by atoms with Gasteiger partial charge in [-0.25, -0.2) is 9.18 Å². The molecular weight excluding hydrogens is 215 g/mol. The summed E-state index contributed by atoms with van der Waals surface area (Å²) in [6.07, 6.45) is -1.31. The SMILES string of the molecule is COC(=O)C(O)Cc1cc(F)cc(OC)c1. The van der Waals surface area contributed by atoms with E-state index in [-0.39, 0.29) is 6.42 Å². The summed E-state index contributed by atoms with van der Waals surface area (Å²) in [5, 5.41) is 9.39. The number of aliphatic hydroxyl groups excluding tert-OH is 1. The van der Waals surface area contributed by atoms with E-state index in [0.717, 1.165) is 0 Å². The fourth-order valence-electron chi connectivity index (χ4n) is 1.30. The summed E-state index contributed by atoms with van der Waals surface area (Å²) in [4.78, 5) is 11.0. The van der Waals surface area contributed by atoms with E-state index < -0.39 is 17.9 Å². The molecule has 1 atom stereocenters. The topological polar surface area (TPSA) is 55.8 Å². The van der Waals surface area contributed by atoms with Gasteiger partial charge in [0.2, 0.25) is 0 Å². The first-order chi connectivity index (χ1) is 7.56. The maximum Gasteiger partial charge on any atom is 0.335 e. The van der Waals surface area contributed by atoms with Gasteiger partial charge in [-0.15, -0.1) is 0 Å². The van der Waals surface area contributed by atoms with Crippen LogP contribution in [-0.2, 0) is 16.0 Å². The second-order valence-corrected chi connectivity index (χ2v) is 3.24. The Kier molecular flexibility index (Phi) is 4.25. The van der Waals surface area contributed by atoms with Crippen LogP contribution in [0.3, 0.4) is 0 Å². The summed E-state index contributed by atoms with van der Waals surface area (Å²) in [7, 11) is 2.59. The van der Waals surface area contributed by atoms with E-state index in [1.165, 1.54) is 26.4 Å². The molecule has 88 valence electrons. The van der Waals surface area contributed by atoms with Crippen molar-refractivity contribution in [2.45, 2.75) is 12.5 Å². The van der Waals surface area contributed by atoms with E-state index in [2.05, 4.69) is 4.74 Å². The van der Waals surface area contributed by atoms with E-state index in [0.29, 0.717) is 11.3 Å². The predicted molar refractivity (Wildman–Crippen MR) is 54.7 cm³/mol. The number of esters is 1. The van der Waals surface area contributed by atoms with Gasteiger partial charge in [-0.2, -0.15) is 0 Å². The Morgan fingerprint density at radius 3 is 2.69 bits per heavy atom. The van der Waals surface area contributed by atoms with Gasteiger partial charge in [-0.3, -0.25) is 0 Å². The summed E-state index contributed by atoms with van der Waals surface area (Å²) < 4.78 is 22.3. The van der Waals surface area contributed by atoms with Crippen LogP contribution in [0.25, 0.3) is 0 Å². The molecule has 5 heteroatoms. The lowest BCUT2D eigenvalue weighted by molar-refractivity contribution is -0.150. The molecule has 0 radical (unpaired) electrons. The summed E-state index contributed by atoms with van der Waals surface area (Å²) in [5.41, 5.74) is 0.467. The van der Waals surface area contributed by atoms with Crippen LogP contribution in [0.1, 0.15) is 5.56 Å². The first-order valence-corrected chi connectivity index (χ1v) is 4.66. The molecule has 4 nitrogen and oxygen atoms in total. The normalized spacial score (nSPS) is 12.0. The molecule has 1 rings (SSSR count). The molecule has 0 saturated carbocycles. The maximum atomic E-state index is 13.1. The number of halogens is 1. The van der Waals surface area contributed by atoms with Crippen LogP contribution in [0.4, 0.5) is 4.39 Å². The van der Waals surface area contributed by atoms with Crippen LogP contribution >= 0.6 is 0 Å². The van der Waals surface area contributed by atoms with Gasteiger partial charge in [0.1, 0.15) is 11.6 Å². The number of methoxy groups -OCH3 is 2. The first-order valence-electron chi connectivity index (χ1n) is 4.66. The summed E-state index contributed by atoms with van der Waals surface area (Å²) in [6, 6.07) is 4.00. The molecule has 0 saturated heterocycles. The van der Waals surface area contributed by atoms with Crippen molar-refractivity contribution in [1.82, 2.24) is 0 Å². The second-order valence-electron chi connectivity index (χ2n) is 3.24. The Morgan fingerprint density at radius 1 is 1.44 bits per heavy atom. The fraction of sp³-hybridized carbons (Fsp3) is 0.364. The van der Waals surface area contributed by atoms with Crippen LogP contribution in [-0.4, -0.2) is 31.4 Å². The highest BCUT2D eigenvalue weighted by Crippen LogP contribution is 2.17. The molecule has 0 amide bonds. The average Bonchev–Trinajstić information content (AvgIpc) is 2.26. The number of carbonyl (C=O) groups is 1. The van der Waals surface area contributed by atoms with Crippen LogP contribution in [0, 0.1) is 5.82 Å². The molecule has 1 unspecified atom stereocenters. The average molecular weight is 228 g/mol. The Morgan fingerprint density at radius 2 is 2.12 bits per heavy atom. The third kappa shape index (κ3) is 3.20. The summed E-state index contributed by atoms with van der Waals surface area (Å²) in [5.74, 6) is -0.887. The second kappa shape index (κ2) is 5.46. The van der Waals surface area contributed by atoms with Crippen molar-refractivity contribution < 1.29 is 23.8 Å². The number of ether oxygens (including phenoxy) is 2. The van der Waals surface area contributed by atoms with Crippen LogP contribution < -0.4 is 4.74 Å². The van der Waals surface area contributed by atoms with Crippen molar-refractivity contribution in [3.05, 3.63) is 29.6 Å². The van der Waals surface area contributed by atoms with E-state index in [1.807, 2.05) is 0 Å². The molecule has 1 aromatic carbocycles. The standard InChI is InChI=1S/C11H13FO4/c1-15-9-4-7(3-8(12)6-9)5-10(13)11(14)16-2/h3-4,6,10,13H,5H2,1-2H3. The summed E-state index contributed by atoms with van der Waals surface area (Å²) in [6.45, 7) is 0. The molecule has 1 aromatic rings. The van der Waals surface area contributed by atoms with Crippen LogP contribution in [0.15, 0.2) is 18.2 Å². The molecule has 0 spiro atoms. The molecule has 0 aliphatic carbocycles. The van der Waals surface area contributed by atoms with Gasteiger partial charge in [0, 0.05) is 12.5 Å². The van der Waals surface area contributed by atoms with Gasteiger partial charge in [0.15, 0.2) is 6.10 Å². The Hall–Kier alpha value is -1.62. The van der Waals surface area contributed by atoms with Gasteiger partial charge >= 0.3 is 5.97 Å². The minimum atomic E-state index is -1.29. The van der Waals surface area contributed by atoms with E-state index in [1.54, 1.807) is 6.07 Å². The first kappa shape index (κ1) is 12.4. The van der Waals surface area contributed by atoms with Gasteiger partial charge in [0.05, 0.1) is 14.2 Å². The van der Waals surface area contributed by atoms with Crippen molar-refractivity contribution >= 4 is 5.97 Å². The summed E-state index contributed by atoms with van der Waals surface area (Å²) >= 11 is 0. The minimum Gasteiger partial charge on any atom is -0.497 e. The Labute approximate surface area is 92.6 Å². The number of benzene rings is 1. The van der Waals surface area contributed by atoms with E-state index in [9.17, 15) is 14.3 Å². The van der Waals surface area contributed by atoms with Crippen molar-refractivity contribution in [2.75, 3.05) is 14.2 Å². The highest BCUT2D eigenvalue weighted by Gasteiger charge is 2.16. The van der Waals surface area contributed by atoms with Crippen molar-refractivity contribution in [1.29, 1.82) is 0 Å². The molecule has 0 heterocycles. The lowest BCUT2D eigenvalue weighted by atomic mass is 10.1. The lowest BCUT2D eigenvalue weighted by Crippen LogP contribution is -2.24. The molecular formula is C11H13FO4. The molecule has 16 heavy (non-hydrogen) atoms. The molecule has 1 N–H and O–H groups in total. The zero-order valence-electron chi connectivity index (χ0n) is 9.07. The number of carbonyl (C=O) groups excluding carboxylic acids is 1. The zero-order valence-corrected chi connectivity index (χ0v) is 9.07. The smallest absolute Gasteiger partial charge is 0.335 e. The van der Waals surface area contributed by atoms with E-state index in [4.69, 9.17) is 4.74 Å². The van der Waals surface area contributed by atoms with Crippen molar-refractivity contribution in [3.8, 4) is 5.75 Å². The third-order valence-corrected chi connectivity index (χ3v) is 2.07. The molecule has 0 aliphatic rings. The fourth-order valence-corrected chi connectivity index (χ4v) is 1.30. The van der Waals surface area contributed by atoms with Crippen molar-refractivity contribution in [2.24, 2.45) is 0 Å². The minimum absolute atomic E-state index is 0.0131. The number of rotatable bonds is 4. The molecule has 0 aromatic heterocycles. The molecule has 0 fully saturated rings. The van der Waals surface area contributed by atoms with Crippen LogP contribution in [0.5, 0.6) is 5.75 Å². The van der Waals surface area contributed by atoms with Crippen molar-refractivity contribution in [3.63, 3.8) is 0 Å². The maximum absolute atomic E-state index is 13.1. The quantitative estimate of drug-likeness (QED) is 0.778. The van der Waals surface area contributed by atoms with E-state index >= 15 is 0 Å². The van der Waals surface area contributed by atoms with Gasteiger partial charge in [-0.05, 0) is 17.7 Å². The van der Waals surface area contributed by atoms with Gasteiger partial charge in [0.25, 0.3) is 0 Å². The highest BCUT2D eigenvalue weighted by molar-refractivity contribution is 5.74. The van der Waals surface area contributed by atoms with Crippen LogP contribution in [0.2, 0.25) is 0 Å². The Balaban J connectivity index is 2.80. The Bertz CT molecular complexity index is 378. The number of hydrogen-bond acceptors (Lipinski definition) is 4. The number of aliphatic hydroxyl groups is 1. The highest BCUT2D eigenvalue weighted by atomic mass is 19.1. The lowest BCUT2D eigenvalue weighted by Gasteiger charge is -2.09. The third-order valence-electron chi connectivity index (χ3n) is 2.07.